The Morgan fingerprint density at radius 3 is 2.85 bits per heavy atom. The first-order chi connectivity index (χ1) is 9.72. The van der Waals surface area contributed by atoms with Crippen molar-refractivity contribution in [1.29, 1.82) is 0 Å². The van der Waals surface area contributed by atoms with E-state index in [1.165, 1.54) is 0 Å². The van der Waals surface area contributed by atoms with E-state index in [2.05, 4.69) is 15.0 Å². The molecule has 2 aromatic rings. The highest BCUT2D eigenvalue weighted by Crippen LogP contribution is 2.24. The molecule has 20 heavy (non-hydrogen) atoms. The molecule has 0 bridgehead atoms. The number of ether oxygens (including phenoxy) is 1. The van der Waals surface area contributed by atoms with Crippen LogP contribution in [0.1, 0.15) is 11.9 Å². The van der Waals surface area contributed by atoms with Crippen LogP contribution in [0.15, 0.2) is 21.1 Å². The fourth-order valence-corrected chi connectivity index (χ4v) is 2.20. The summed E-state index contributed by atoms with van der Waals surface area (Å²) < 4.78 is 15.6. The molecule has 7 nitrogen and oxygen atoms in total. The monoisotopic (exact) mass is 298 g/mol. The molecule has 2 N–H and O–H groups in total. The molecule has 1 aliphatic rings. The Balaban J connectivity index is 1.66. The average molecular weight is 299 g/mol. The lowest BCUT2D eigenvalue weighted by atomic mass is 10.2. The van der Waals surface area contributed by atoms with E-state index in [1.807, 2.05) is 0 Å². The van der Waals surface area contributed by atoms with Crippen LogP contribution >= 0.6 is 11.6 Å². The normalized spacial score (nSPS) is 18.3. The van der Waals surface area contributed by atoms with Crippen molar-refractivity contribution in [3.8, 4) is 11.7 Å². The average Bonchev–Trinajstić information content (AvgIpc) is 3.08. The van der Waals surface area contributed by atoms with Crippen LogP contribution < -0.4 is 5.73 Å². The van der Waals surface area contributed by atoms with Crippen molar-refractivity contribution in [2.75, 3.05) is 32.8 Å². The van der Waals surface area contributed by atoms with Crippen LogP contribution in [-0.4, -0.2) is 47.9 Å². The van der Waals surface area contributed by atoms with Gasteiger partial charge >= 0.3 is 0 Å². The summed E-state index contributed by atoms with van der Waals surface area (Å²) in [6, 6.07) is 2.98. The van der Waals surface area contributed by atoms with E-state index in [-0.39, 0.29) is 17.2 Å². The van der Waals surface area contributed by atoms with Crippen molar-refractivity contribution in [1.82, 2.24) is 15.0 Å². The van der Waals surface area contributed by atoms with Crippen molar-refractivity contribution in [2.45, 2.75) is 6.04 Å². The third-order valence-corrected chi connectivity index (χ3v) is 3.32. The minimum Gasteiger partial charge on any atom is -0.440 e. The number of nitrogens with two attached hydrogens (primary N) is 1. The number of morpholine rings is 1. The number of halogens is 1. The standard InChI is InChI=1S/C12H15ClN4O3/c13-10-2-1-9(19-10)12-15-11(16-20-12)8(14)7-17-3-5-18-6-4-17/h1-2,8H,3-7,14H2. The minimum absolute atomic E-state index is 0.275. The van der Waals surface area contributed by atoms with Gasteiger partial charge in [-0.15, -0.1) is 0 Å². The summed E-state index contributed by atoms with van der Waals surface area (Å²) in [6.45, 7) is 3.86. The molecule has 108 valence electrons. The molecule has 2 aromatic heterocycles. The molecule has 3 heterocycles. The molecule has 0 spiro atoms. The summed E-state index contributed by atoms with van der Waals surface area (Å²) in [5.41, 5.74) is 6.10. The van der Waals surface area contributed by atoms with Gasteiger partial charge in [0.25, 0.3) is 5.89 Å². The van der Waals surface area contributed by atoms with Gasteiger partial charge in [0.2, 0.25) is 0 Å². The SMILES string of the molecule is NC(CN1CCOCC1)c1noc(-c2ccc(Cl)o2)n1. The fourth-order valence-electron chi connectivity index (χ4n) is 2.06. The Hall–Kier alpha value is -1.41. The molecule has 8 heteroatoms. The van der Waals surface area contributed by atoms with Crippen LogP contribution in [0.4, 0.5) is 0 Å². The number of furan rings is 1. The molecule has 0 aliphatic carbocycles. The van der Waals surface area contributed by atoms with Crippen LogP contribution in [-0.2, 0) is 4.74 Å². The van der Waals surface area contributed by atoms with Gasteiger partial charge in [0.05, 0.1) is 19.3 Å². The zero-order valence-corrected chi connectivity index (χ0v) is 11.5. The molecule has 0 radical (unpaired) electrons. The zero-order valence-electron chi connectivity index (χ0n) is 10.8. The first kappa shape index (κ1) is 13.6. The highest BCUT2D eigenvalue weighted by atomic mass is 35.5. The van der Waals surface area contributed by atoms with Crippen molar-refractivity contribution < 1.29 is 13.7 Å². The molecule has 0 aromatic carbocycles. The fraction of sp³-hybridized carbons (Fsp3) is 0.500. The summed E-state index contributed by atoms with van der Waals surface area (Å²) in [5.74, 6) is 1.18. The van der Waals surface area contributed by atoms with Gasteiger partial charge in [-0.1, -0.05) is 5.16 Å². The summed E-state index contributed by atoms with van der Waals surface area (Å²) in [5, 5.41) is 4.17. The van der Waals surface area contributed by atoms with Gasteiger partial charge in [-0.2, -0.15) is 4.98 Å². The maximum Gasteiger partial charge on any atom is 0.293 e. The molecule has 1 atom stereocenters. The Labute approximate surface area is 120 Å². The molecule has 1 aliphatic heterocycles. The van der Waals surface area contributed by atoms with Crippen molar-refractivity contribution in [3.05, 3.63) is 23.2 Å². The Kier molecular flexibility index (Phi) is 4.02. The van der Waals surface area contributed by atoms with E-state index in [4.69, 9.17) is 31.0 Å². The molecular formula is C12H15ClN4O3. The van der Waals surface area contributed by atoms with Crippen LogP contribution in [0.2, 0.25) is 5.22 Å². The lowest BCUT2D eigenvalue weighted by molar-refractivity contribution is 0.0348. The van der Waals surface area contributed by atoms with E-state index in [0.29, 0.717) is 18.1 Å². The molecule has 0 saturated carbocycles. The molecular weight excluding hydrogens is 284 g/mol. The van der Waals surface area contributed by atoms with E-state index in [1.54, 1.807) is 12.1 Å². The number of nitrogens with zero attached hydrogens (tertiary/aromatic N) is 3. The highest BCUT2D eigenvalue weighted by Gasteiger charge is 2.20. The lowest BCUT2D eigenvalue weighted by Crippen LogP contribution is -2.40. The van der Waals surface area contributed by atoms with Gasteiger partial charge in [0, 0.05) is 19.6 Å². The second-order valence-electron chi connectivity index (χ2n) is 4.58. The largest absolute Gasteiger partial charge is 0.440 e. The summed E-state index contributed by atoms with van der Waals surface area (Å²) in [4.78, 5) is 6.46. The third-order valence-electron chi connectivity index (χ3n) is 3.12. The summed E-state index contributed by atoms with van der Waals surface area (Å²) in [6.07, 6.45) is 0. The maximum atomic E-state index is 6.10. The molecule has 1 unspecified atom stereocenters. The second-order valence-corrected chi connectivity index (χ2v) is 4.95. The number of rotatable bonds is 4. The first-order valence-corrected chi connectivity index (χ1v) is 6.75. The van der Waals surface area contributed by atoms with Gasteiger partial charge in [0.1, 0.15) is 0 Å². The number of hydrogen-bond donors (Lipinski definition) is 1. The quantitative estimate of drug-likeness (QED) is 0.910. The third kappa shape index (κ3) is 3.01. The topological polar surface area (TPSA) is 90.5 Å². The van der Waals surface area contributed by atoms with Crippen LogP contribution in [0.3, 0.4) is 0 Å². The molecule has 1 fully saturated rings. The van der Waals surface area contributed by atoms with Crippen LogP contribution in [0.5, 0.6) is 0 Å². The van der Waals surface area contributed by atoms with Crippen molar-refractivity contribution in [3.63, 3.8) is 0 Å². The number of hydrogen-bond acceptors (Lipinski definition) is 7. The van der Waals surface area contributed by atoms with Gasteiger partial charge in [-0.25, -0.2) is 0 Å². The lowest BCUT2D eigenvalue weighted by Gasteiger charge is -2.27. The first-order valence-electron chi connectivity index (χ1n) is 6.37. The van der Waals surface area contributed by atoms with Gasteiger partial charge < -0.3 is 19.4 Å². The van der Waals surface area contributed by atoms with Gasteiger partial charge in [-0.05, 0) is 23.7 Å². The zero-order chi connectivity index (χ0) is 13.9. The maximum absolute atomic E-state index is 6.10. The van der Waals surface area contributed by atoms with Crippen molar-refractivity contribution >= 4 is 11.6 Å². The molecule has 3 rings (SSSR count). The van der Waals surface area contributed by atoms with Crippen LogP contribution in [0.25, 0.3) is 11.7 Å². The minimum atomic E-state index is -0.309. The van der Waals surface area contributed by atoms with Gasteiger partial charge in [-0.3, -0.25) is 4.90 Å². The predicted molar refractivity (Wildman–Crippen MR) is 71.2 cm³/mol. The summed E-state index contributed by atoms with van der Waals surface area (Å²) >= 11 is 5.71. The van der Waals surface area contributed by atoms with E-state index < -0.39 is 0 Å². The Morgan fingerprint density at radius 1 is 1.35 bits per heavy atom. The smallest absolute Gasteiger partial charge is 0.293 e. The van der Waals surface area contributed by atoms with E-state index in [9.17, 15) is 0 Å². The van der Waals surface area contributed by atoms with Gasteiger partial charge in [0.15, 0.2) is 16.8 Å². The molecule has 0 amide bonds. The Bertz CT molecular complexity index is 565. The second kappa shape index (κ2) is 5.92. The number of aromatic nitrogens is 2. The predicted octanol–water partition coefficient (Wildman–Crippen LogP) is 1.32. The highest BCUT2D eigenvalue weighted by molar-refractivity contribution is 6.28. The Morgan fingerprint density at radius 2 is 2.15 bits per heavy atom. The summed E-state index contributed by atoms with van der Waals surface area (Å²) in [7, 11) is 0. The molecule has 1 saturated heterocycles. The van der Waals surface area contributed by atoms with Crippen molar-refractivity contribution in [2.24, 2.45) is 5.73 Å². The van der Waals surface area contributed by atoms with Crippen LogP contribution in [0, 0.1) is 0 Å². The van der Waals surface area contributed by atoms with E-state index in [0.717, 1.165) is 26.3 Å². The van der Waals surface area contributed by atoms with E-state index >= 15 is 0 Å².